The highest BCUT2D eigenvalue weighted by atomic mass is 16.3. The van der Waals surface area contributed by atoms with E-state index in [4.69, 9.17) is 10.2 Å². The van der Waals surface area contributed by atoms with Crippen molar-refractivity contribution in [2.45, 2.75) is 19.4 Å². The molecule has 4 heteroatoms. The Kier molecular flexibility index (Phi) is 2.29. The molecule has 1 aliphatic heterocycles. The maximum Gasteiger partial charge on any atom is 0.209 e. The van der Waals surface area contributed by atoms with Gasteiger partial charge in [-0.25, -0.2) is 4.98 Å². The number of nitrogens with zero attached hydrogens (tertiary/aromatic N) is 2. The summed E-state index contributed by atoms with van der Waals surface area (Å²) in [5.41, 5.74) is 8.07. The van der Waals surface area contributed by atoms with Crippen molar-refractivity contribution in [3.63, 3.8) is 0 Å². The molecule has 1 fully saturated rings. The van der Waals surface area contributed by atoms with E-state index in [1.54, 1.807) is 0 Å². The Balaban J connectivity index is 1.90. The van der Waals surface area contributed by atoms with E-state index in [1.165, 1.54) is 12.8 Å². The van der Waals surface area contributed by atoms with E-state index in [9.17, 15) is 0 Å². The Morgan fingerprint density at radius 3 is 2.88 bits per heavy atom. The van der Waals surface area contributed by atoms with Crippen LogP contribution in [0.25, 0.3) is 11.1 Å². The highest BCUT2D eigenvalue weighted by Gasteiger charge is 2.15. The molecule has 1 aromatic carbocycles. The number of oxazole rings is 1. The maximum atomic E-state index is 5.83. The number of anilines is 1. The third-order valence-corrected chi connectivity index (χ3v) is 3.05. The number of rotatable bonds is 2. The Labute approximate surface area is 94.0 Å². The lowest BCUT2D eigenvalue weighted by atomic mass is 10.3. The summed E-state index contributed by atoms with van der Waals surface area (Å²) < 4.78 is 5.68. The van der Waals surface area contributed by atoms with Crippen molar-refractivity contribution < 1.29 is 4.42 Å². The lowest BCUT2D eigenvalue weighted by molar-refractivity contribution is 0.295. The fourth-order valence-electron chi connectivity index (χ4n) is 2.22. The molecule has 0 aliphatic carbocycles. The van der Waals surface area contributed by atoms with E-state index in [0.717, 1.165) is 36.6 Å². The summed E-state index contributed by atoms with van der Waals surface area (Å²) in [6.45, 7) is 3.09. The van der Waals surface area contributed by atoms with Crippen LogP contribution < -0.4 is 5.73 Å². The first-order valence-electron chi connectivity index (χ1n) is 5.69. The van der Waals surface area contributed by atoms with E-state index in [-0.39, 0.29) is 0 Å². The van der Waals surface area contributed by atoms with Crippen LogP contribution in [0.1, 0.15) is 18.7 Å². The molecule has 2 N–H and O–H groups in total. The third kappa shape index (κ3) is 1.65. The summed E-state index contributed by atoms with van der Waals surface area (Å²) in [6, 6.07) is 5.68. The average Bonchev–Trinajstić information content (AvgIpc) is 2.88. The molecule has 1 aliphatic rings. The van der Waals surface area contributed by atoms with Crippen LogP contribution in [-0.4, -0.2) is 23.0 Å². The molecule has 2 heterocycles. The predicted molar refractivity (Wildman–Crippen MR) is 62.9 cm³/mol. The van der Waals surface area contributed by atoms with Crippen LogP contribution in [0.2, 0.25) is 0 Å². The summed E-state index contributed by atoms with van der Waals surface area (Å²) in [6.07, 6.45) is 2.56. The van der Waals surface area contributed by atoms with Crippen molar-refractivity contribution in [3.8, 4) is 0 Å². The first-order chi connectivity index (χ1) is 7.83. The number of likely N-dealkylation sites (tertiary alicyclic amines) is 1. The van der Waals surface area contributed by atoms with Gasteiger partial charge >= 0.3 is 0 Å². The summed E-state index contributed by atoms with van der Waals surface area (Å²) in [5.74, 6) is 0.773. The standard InChI is InChI=1S/C12H15N3O/c13-9-4-3-5-10-12(9)16-11(14-10)8-15-6-1-2-7-15/h3-5H,1-2,6-8,13H2. The largest absolute Gasteiger partial charge is 0.437 e. The highest BCUT2D eigenvalue weighted by Crippen LogP contribution is 2.23. The average molecular weight is 217 g/mol. The molecule has 0 amide bonds. The van der Waals surface area contributed by atoms with E-state index < -0.39 is 0 Å². The van der Waals surface area contributed by atoms with Gasteiger partial charge in [-0.15, -0.1) is 0 Å². The Morgan fingerprint density at radius 1 is 1.31 bits per heavy atom. The predicted octanol–water partition coefficient (Wildman–Crippen LogP) is 2.01. The molecule has 0 saturated carbocycles. The monoisotopic (exact) mass is 217 g/mol. The quantitative estimate of drug-likeness (QED) is 0.782. The van der Waals surface area contributed by atoms with Gasteiger partial charge in [0.1, 0.15) is 5.52 Å². The van der Waals surface area contributed by atoms with E-state index >= 15 is 0 Å². The molecule has 0 spiro atoms. The maximum absolute atomic E-state index is 5.83. The number of hydrogen-bond donors (Lipinski definition) is 1. The van der Waals surface area contributed by atoms with Crippen LogP contribution in [0.5, 0.6) is 0 Å². The van der Waals surface area contributed by atoms with Crippen LogP contribution in [-0.2, 0) is 6.54 Å². The first kappa shape index (κ1) is 9.66. The zero-order chi connectivity index (χ0) is 11.0. The molecule has 4 nitrogen and oxygen atoms in total. The smallest absolute Gasteiger partial charge is 0.209 e. The number of para-hydroxylation sites is 1. The first-order valence-corrected chi connectivity index (χ1v) is 5.69. The molecule has 2 aromatic rings. The molecule has 0 atom stereocenters. The number of nitrogens with two attached hydrogens (primary N) is 1. The molecular weight excluding hydrogens is 202 g/mol. The second-order valence-corrected chi connectivity index (χ2v) is 4.29. The Morgan fingerprint density at radius 2 is 2.12 bits per heavy atom. The van der Waals surface area contributed by atoms with Gasteiger partial charge in [0, 0.05) is 0 Å². The van der Waals surface area contributed by atoms with E-state index in [0.29, 0.717) is 5.69 Å². The number of hydrogen-bond acceptors (Lipinski definition) is 4. The number of fused-ring (bicyclic) bond motifs is 1. The summed E-state index contributed by atoms with van der Waals surface area (Å²) in [4.78, 5) is 6.81. The van der Waals surface area contributed by atoms with Crippen molar-refractivity contribution in [2.24, 2.45) is 0 Å². The SMILES string of the molecule is Nc1cccc2nc(CN3CCCC3)oc12. The third-order valence-electron chi connectivity index (χ3n) is 3.05. The number of benzene rings is 1. The van der Waals surface area contributed by atoms with Gasteiger partial charge in [-0.1, -0.05) is 6.07 Å². The van der Waals surface area contributed by atoms with Gasteiger partial charge in [-0.2, -0.15) is 0 Å². The van der Waals surface area contributed by atoms with E-state index in [1.807, 2.05) is 18.2 Å². The molecular formula is C12H15N3O. The van der Waals surface area contributed by atoms with Gasteiger partial charge in [-0.3, -0.25) is 4.90 Å². The normalized spacial score (nSPS) is 17.2. The molecule has 1 saturated heterocycles. The minimum atomic E-state index is 0.665. The van der Waals surface area contributed by atoms with Crippen molar-refractivity contribution in [1.82, 2.24) is 9.88 Å². The van der Waals surface area contributed by atoms with Crippen molar-refractivity contribution in [2.75, 3.05) is 18.8 Å². The molecule has 0 radical (unpaired) electrons. The van der Waals surface area contributed by atoms with Crippen LogP contribution in [0.15, 0.2) is 22.6 Å². The van der Waals surface area contributed by atoms with Gasteiger partial charge in [0.15, 0.2) is 5.58 Å². The minimum absolute atomic E-state index is 0.665. The summed E-state index contributed by atoms with van der Waals surface area (Å²) in [7, 11) is 0. The van der Waals surface area contributed by atoms with Crippen LogP contribution in [0.3, 0.4) is 0 Å². The molecule has 0 bridgehead atoms. The topological polar surface area (TPSA) is 55.3 Å². The van der Waals surface area contributed by atoms with Gasteiger partial charge in [0.25, 0.3) is 0 Å². The number of aromatic nitrogens is 1. The number of nitrogen functional groups attached to an aromatic ring is 1. The zero-order valence-electron chi connectivity index (χ0n) is 9.15. The Hall–Kier alpha value is -1.55. The van der Waals surface area contributed by atoms with Crippen molar-refractivity contribution in [3.05, 3.63) is 24.1 Å². The van der Waals surface area contributed by atoms with Gasteiger partial charge in [0.05, 0.1) is 12.2 Å². The molecule has 1 aromatic heterocycles. The second-order valence-electron chi connectivity index (χ2n) is 4.29. The van der Waals surface area contributed by atoms with Crippen LogP contribution in [0, 0.1) is 0 Å². The van der Waals surface area contributed by atoms with Crippen molar-refractivity contribution in [1.29, 1.82) is 0 Å². The van der Waals surface area contributed by atoms with Gasteiger partial charge in [-0.05, 0) is 38.1 Å². The zero-order valence-corrected chi connectivity index (χ0v) is 9.15. The van der Waals surface area contributed by atoms with Crippen molar-refractivity contribution >= 4 is 16.8 Å². The highest BCUT2D eigenvalue weighted by molar-refractivity contribution is 5.84. The molecule has 3 rings (SSSR count). The van der Waals surface area contributed by atoms with Gasteiger partial charge in [0.2, 0.25) is 5.89 Å². The summed E-state index contributed by atoms with van der Waals surface area (Å²) in [5, 5.41) is 0. The van der Waals surface area contributed by atoms with Crippen LogP contribution in [0.4, 0.5) is 5.69 Å². The fraction of sp³-hybridized carbons (Fsp3) is 0.417. The van der Waals surface area contributed by atoms with E-state index in [2.05, 4.69) is 9.88 Å². The molecule has 0 unspecified atom stereocenters. The molecule has 16 heavy (non-hydrogen) atoms. The second kappa shape index (κ2) is 3.79. The summed E-state index contributed by atoms with van der Waals surface area (Å²) >= 11 is 0. The fourth-order valence-corrected chi connectivity index (χ4v) is 2.22. The lowest BCUT2D eigenvalue weighted by Gasteiger charge is -2.10. The molecule has 84 valence electrons. The Bertz CT molecular complexity index is 500. The minimum Gasteiger partial charge on any atom is -0.437 e. The van der Waals surface area contributed by atoms with Crippen LogP contribution >= 0.6 is 0 Å². The van der Waals surface area contributed by atoms with Gasteiger partial charge < -0.3 is 10.2 Å². The lowest BCUT2D eigenvalue weighted by Crippen LogP contribution is -2.18.